The summed E-state index contributed by atoms with van der Waals surface area (Å²) in [5, 5.41) is 5.69. The van der Waals surface area contributed by atoms with Gasteiger partial charge < -0.3 is 10.6 Å². The van der Waals surface area contributed by atoms with Gasteiger partial charge in [-0.05, 0) is 43.8 Å². The number of aromatic nitrogens is 1. The zero-order valence-electron chi connectivity index (χ0n) is 17.6. The minimum Gasteiger partial charge on any atom is -0.325 e. The normalized spacial score (nSPS) is 14.5. The SMILES string of the molecule is Cc1cccc(NC(=O)CN(C)CC(=O)Nc2cccc(CN3CCSCC3)c2)n1. The minimum atomic E-state index is -0.204. The van der Waals surface area contributed by atoms with Crippen molar-refractivity contribution in [3.05, 3.63) is 53.7 Å². The van der Waals surface area contributed by atoms with Crippen molar-refractivity contribution in [3.63, 3.8) is 0 Å². The monoisotopic (exact) mass is 427 g/mol. The van der Waals surface area contributed by atoms with Gasteiger partial charge in [-0.3, -0.25) is 19.4 Å². The maximum Gasteiger partial charge on any atom is 0.239 e. The van der Waals surface area contributed by atoms with Crippen LogP contribution in [0.4, 0.5) is 11.5 Å². The molecule has 1 saturated heterocycles. The Bertz CT molecular complexity index is 870. The quantitative estimate of drug-likeness (QED) is 0.674. The van der Waals surface area contributed by atoms with Gasteiger partial charge in [-0.15, -0.1) is 0 Å². The summed E-state index contributed by atoms with van der Waals surface area (Å²) in [5.74, 6) is 2.52. The van der Waals surface area contributed by atoms with Crippen LogP contribution in [-0.4, -0.2) is 71.3 Å². The smallest absolute Gasteiger partial charge is 0.239 e. The molecule has 1 aliphatic heterocycles. The van der Waals surface area contributed by atoms with Gasteiger partial charge in [0.2, 0.25) is 11.8 Å². The molecule has 0 spiro atoms. The van der Waals surface area contributed by atoms with Crippen LogP contribution in [0.2, 0.25) is 0 Å². The topological polar surface area (TPSA) is 77.6 Å². The molecular weight excluding hydrogens is 398 g/mol. The number of likely N-dealkylation sites (N-methyl/N-ethyl adjacent to an activating group) is 1. The zero-order valence-corrected chi connectivity index (χ0v) is 18.4. The van der Waals surface area contributed by atoms with E-state index in [2.05, 4.69) is 26.6 Å². The molecule has 0 radical (unpaired) electrons. The van der Waals surface area contributed by atoms with E-state index < -0.39 is 0 Å². The van der Waals surface area contributed by atoms with Gasteiger partial charge in [-0.25, -0.2) is 4.98 Å². The molecule has 1 fully saturated rings. The summed E-state index contributed by atoms with van der Waals surface area (Å²) >= 11 is 2.00. The van der Waals surface area contributed by atoms with E-state index in [4.69, 9.17) is 0 Å². The van der Waals surface area contributed by atoms with Crippen molar-refractivity contribution in [2.24, 2.45) is 0 Å². The fourth-order valence-corrected chi connectivity index (χ4v) is 4.29. The number of hydrogen-bond donors (Lipinski definition) is 2. The predicted octanol–water partition coefficient (Wildman–Crippen LogP) is 2.45. The Morgan fingerprint density at radius 2 is 1.77 bits per heavy atom. The third-order valence-electron chi connectivity index (χ3n) is 4.70. The number of aryl methyl sites for hydroxylation is 1. The van der Waals surface area contributed by atoms with Crippen LogP contribution in [-0.2, 0) is 16.1 Å². The molecule has 2 amide bonds. The average molecular weight is 428 g/mol. The van der Waals surface area contributed by atoms with Crippen molar-refractivity contribution in [2.75, 3.05) is 55.4 Å². The number of carbonyl (C=O) groups is 2. The largest absolute Gasteiger partial charge is 0.325 e. The van der Waals surface area contributed by atoms with Crippen molar-refractivity contribution in [1.82, 2.24) is 14.8 Å². The first kappa shape index (κ1) is 22.3. The number of benzene rings is 1. The van der Waals surface area contributed by atoms with Gasteiger partial charge in [0.1, 0.15) is 5.82 Å². The first-order valence-electron chi connectivity index (χ1n) is 10.1. The summed E-state index contributed by atoms with van der Waals surface area (Å²) in [5.41, 5.74) is 2.81. The zero-order chi connectivity index (χ0) is 21.3. The molecule has 30 heavy (non-hydrogen) atoms. The number of thioether (sulfide) groups is 1. The molecule has 8 heteroatoms. The lowest BCUT2D eigenvalue weighted by Crippen LogP contribution is -2.36. The van der Waals surface area contributed by atoms with Crippen LogP contribution in [0, 0.1) is 6.92 Å². The lowest BCUT2D eigenvalue weighted by atomic mass is 10.2. The highest BCUT2D eigenvalue weighted by Crippen LogP contribution is 2.16. The van der Waals surface area contributed by atoms with Crippen LogP contribution >= 0.6 is 11.8 Å². The molecule has 160 valence electrons. The number of nitrogens with zero attached hydrogens (tertiary/aromatic N) is 3. The lowest BCUT2D eigenvalue weighted by molar-refractivity contribution is -0.119. The summed E-state index contributed by atoms with van der Waals surface area (Å²) in [4.78, 5) is 32.9. The molecule has 1 aromatic heterocycles. The molecule has 0 saturated carbocycles. The number of anilines is 2. The molecule has 0 aliphatic carbocycles. The Hall–Kier alpha value is -2.42. The molecule has 2 N–H and O–H groups in total. The van der Waals surface area contributed by atoms with E-state index in [0.29, 0.717) is 5.82 Å². The number of amides is 2. The van der Waals surface area contributed by atoms with Crippen LogP contribution in [0.1, 0.15) is 11.3 Å². The average Bonchev–Trinajstić information content (AvgIpc) is 2.68. The van der Waals surface area contributed by atoms with Crippen molar-refractivity contribution in [3.8, 4) is 0 Å². The Balaban J connectivity index is 1.45. The van der Waals surface area contributed by atoms with E-state index >= 15 is 0 Å². The maximum atomic E-state index is 12.4. The number of carbonyl (C=O) groups excluding carboxylic acids is 2. The molecule has 2 aromatic rings. The van der Waals surface area contributed by atoms with Crippen molar-refractivity contribution < 1.29 is 9.59 Å². The number of pyridine rings is 1. The molecule has 2 heterocycles. The second-order valence-electron chi connectivity index (χ2n) is 7.52. The summed E-state index contributed by atoms with van der Waals surface area (Å²) in [6.45, 7) is 5.21. The summed E-state index contributed by atoms with van der Waals surface area (Å²) in [7, 11) is 1.74. The van der Waals surface area contributed by atoms with Crippen LogP contribution in [0.3, 0.4) is 0 Å². The molecule has 1 aliphatic rings. The van der Waals surface area contributed by atoms with Gasteiger partial charge in [0, 0.05) is 42.5 Å². The molecular formula is C22H29N5O2S. The van der Waals surface area contributed by atoms with Gasteiger partial charge in [0.25, 0.3) is 0 Å². The Labute approximate surface area is 182 Å². The molecule has 1 aromatic carbocycles. The van der Waals surface area contributed by atoms with E-state index in [9.17, 15) is 9.59 Å². The second kappa shape index (κ2) is 11.1. The highest BCUT2D eigenvalue weighted by molar-refractivity contribution is 7.99. The first-order valence-corrected chi connectivity index (χ1v) is 11.2. The van der Waals surface area contributed by atoms with Gasteiger partial charge in [0.05, 0.1) is 13.1 Å². The fourth-order valence-electron chi connectivity index (χ4n) is 3.31. The lowest BCUT2D eigenvalue weighted by Gasteiger charge is -2.26. The standard InChI is InChI=1S/C22H29N5O2S/c1-17-5-3-8-20(23-17)25-22(29)16-26(2)15-21(28)24-19-7-4-6-18(13-19)14-27-9-11-30-12-10-27/h3-8,13H,9-12,14-16H2,1-2H3,(H,24,28)(H,23,25,29). The highest BCUT2D eigenvalue weighted by Gasteiger charge is 2.13. The Kier molecular flexibility index (Phi) is 8.24. The molecule has 0 bridgehead atoms. The fraction of sp³-hybridized carbons (Fsp3) is 0.409. The molecule has 0 unspecified atom stereocenters. The van der Waals surface area contributed by atoms with E-state index in [-0.39, 0.29) is 24.9 Å². The summed E-state index contributed by atoms with van der Waals surface area (Å²) in [6.07, 6.45) is 0. The molecule has 3 rings (SSSR count). The van der Waals surface area contributed by atoms with E-state index in [1.165, 1.54) is 17.1 Å². The van der Waals surface area contributed by atoms with Gasteiger partial charge in [0.15, 0.2) is 0 Å². The van der Waals surface area contributed by atoms with Gasteiger partial charge in [-0.2, -0.15) is 11.8 Å². The van der Waals surface area contributed by atoms with Crippen LogP contribution in [0.15, 0.2) is 42.5 Å². The van der Waals surface area contributed by atoms with Gasteiger partial charge >= 0.3 is 0 Å². The Morgan fingerprint density at radius 1 is 1.07 bits per heavy atom. The van der Waals surface area contributed by atoms with E-state index in [0.717, 1.165) is 31.0 Å². The summed E-state index contributed by atoms with van der Waals surface area (Å²) < 4.78 is 0. The van der Waals surface area contributed by atoms with Crippen LogP contribution in [0.5, 0.6) is 0 Å². The molecule has 7 nitrogen and oxygen atoms in total. The first-order chi connectivity index (χ1) is 14.5. The third kappa shape index (κ3) is 7.44. The van der Waals surface area contributed by atoms with Crippen LogP contribution in [0.25, 0.3) is 0 Å². The predicted molar refractivity (Wildman–Crippen MR) is 123 cm³/mol. The summed E-state index contributed by atoms with van der Waals surface area (Å²) in [6, 6.07) is 13.4. The van der Waals surface area contributed by atoms with E-state index in [1.807, 2.05) is 49.0 Å². The van der Waals surface area contributed by atoms with E-state index in [1.54, 1.807) is 18.0 Å². The van der Waals surface area contributed by atoms with Crippen molar-refractivity contribution in [1.29, 1.82) is 0 Å². The number of nitrogens with one attached hydrogen (secondary N) is 2. The van der Waals surface area contributed by atoms with Gasteiger partial charge in [-0.1, -0.05) is 18.2 Å². The Morgan fingerprint density at radius 3 is 2.50 bits per heavy atom. The van der Waals surface area contributed by atoms with Crippen LogP contribution < -0.4 is 10.6 Å². The minimum absolute atomic E-state index is 0.107. The highest BCUT2D eigenvalue weighted by atomic mass is 32.2. The van der Waals surface area contributed by atoms with Crippen molar-refractivity contribution in [2.45, 2.75) is 13.5 Å². The second-order valence-corrected chi connectivity index (χ2v) is 8.75. The molecule has 0 atom stereocenters. The van der Waals surface area contributed by atoms with Crippen molar-refractivity contribution >= 4 is 35.1 Å². The number of hydrogen-bond acceptors (Lipinski definition) is 6. The maximum absolute atomic E-state index is 12.4. The number of rotatable bonds is 8. The third-order valence-corrected chi connectivity index (χ3v) is 5.65.